The largest absolute Gasteiger partial charge is 0.442 e. The van der Waals surface area contributed by atoms with Crippen LogP contribution in [0.3, 0.4) is 0 Å². The Kier molecular flexibility index (Phi) is 3.53. The molecule has 0 atom stereocenters. The van der Waals surface area contributed by atoms with Gasteiger partial charge in [-0.05, 0) is 19.1 Å². The van der Waals surface area contributed by atoms with Gasteiger partial charge in [0.05, 0.1) is 29.2 Å². The van der Waals surface area contributed by atoms with E-state index in [1.807, 2.05) is 13.0 Å². The molecule has 3 aromatic rings. The van der Waals surface area contributed by atoms with Gasteiger partial charge in [0.2, 0.25) is 0 Å². The first-order valence-corrected chi connectivity index (χ1v) is 6.62. The lowest BCUT2D eigenvalue weighted by atomic mass is 10.2. The highest BCUT2D eigenvalue weighted by Crippen LogP contribution is 2.25. The van der Waals surface area contributed by atoms with Crippen molar-refractivity contribution in [1.29, 1.82) is 0 Å². The van der Waals surface area contributed by atoms with Crippen LogP contribution in [0.2, 0.25) is 5.02 Å². The Morgan fingerprint density at radius 2 is 2.05 bits per heavy atom. The van der Waals surface area contributed by atoms with Crippen molar-refractivity contribution in [2.75, 3.05) is 0 Å². The highest BCUT2D eigenvalue weighted by atomic mass is 35.5. The lowest BCUT2D eigenvalue weighted by molar-refractivity contribution is 0.378. The van der Waals surface area contributed by atoms with Gasteiger partial charge in [0.15, 0.2) is 5.82 Å². The third-order valence-electron chi connectivity index (χ3n) is 2.96. The maximum absolute atomic E-state index is 11.8. The molecule has 0 unspecified atom stereocenters. The third kappa shape index (κ3) is 2.71. The molecule has 0 radical (unpaired) electrons. The Balaban J connectivity index is 2.04. The van der Waals surface area contributed by atoms with E-state index in [0.29, 0.717) is 22.1 Å². The van der Waals surface area contributed by atoms with E-state index in [0.717, 1.165) is 5.69 Å². The average molecular weight is 303 g/mol. The Morgan fingerprint density at radius 1 is 1.24 bits per heavy atom. The highest BCUT2D eigenvalue weighted by Gasteiger charge is 2.16. The van der Waals surface area contributed by atoms with Crippen molar-refractivity contribution in [3.05, 3.63) is 63.6 Å². The molecular formula is C14H11ClN4O2. The molecule has 106 valence electrons. The quantitative estimate of drug-likeness (QED) is 0.742. The van der Waals surface area contributed by atoms with Gasteiger partial charge in [0.25, 0.3) is 0 Å². The second-order valence-corrected chi connectivity index (χ2v) is 4.89. The molecule has 2 heterocycles. The number of benzene rings is 1. The zero-order chi connectivity index (χ0) is 14.8. The van der Waals surface area contributed by atoms with Gasteiger partial charge in [-0.1, -0.05) is 28.9 Å². The normalized spacial score (nSPS) is 10.8. The van der Waals surface area contributed by atoms with Crippen LogP contribution in [0.25, 0.3) is 11.4 Å². The molecule has 0 aliphatic heterocycles. The van der Waals surface area contributed by atoms with Gasteiger partial charge in [0.1, 0.15) is 0 Å². The van der Waals surface area contributed by atoms with Gasteiger partial charge in [-0.15, -0.1) is 0 Å². The topological polar surface area (TPSA) is 73.8 Å². The molecule has 0 saturated carbocycles. The summed E-state index contributed by atoms with van der Waals surface area (Å²) in [5, 5.41) is 4.30. The van der Waals surface area contributed by atoms with Crippen LogP contribution in [-0.2, 0) is 6.54 Å². The monoisotopic (exact) mass is 302 g/mol. The summed E-state index contributed by atoms with van der Waals surface area (Å²) in [5.74, 6) is -0.194. The molecule has 7 heteroatoms. The number of hydrogen-bond acceptors (Lipinski definition) is 5. The molecule has 3 rings (SSSR count). The minimum absolute atomic E-state index is 0.218. The van der Waals surface area contributed by atoms with E-state index in [9.17, 15) is 4.79 Å². The summed E-state index contributed by atoms with van der Waals surface area (Å²) in [7, 11) is 0. The number of halogens is 1. The molecule has 2 aromatic heterocycles. The van der Waals surface area contributed by atoms with Gasteiger partial charge in [0, 0.05) is 11.8 Å². The number of nitrogens with zero attached hydrogens (tertiary/aromatic N) is 4. The molecule has 0 bridgehead atoms. The predicted molar refractivity (Wildman–Crippen MR) is 77.1 cm³/mol. The first kappa shape index (κ1) is 13.5. The molecule has 0 N–H and O–H groups in total. The molecule has 0 amide bonds. The number of hydrogen-bond donors (Lipinski definition) is 0. The molecule has 0 aliphatic carbocycles. The Hall–Kier alpha value is -2.47. The molecule has 0 spiro atoms. The summed E-state index contributed by atoms with van der Waals surface area (Å²) >= 11 is 6.14. The number of aryl methyl sites for hydroxylation is 1. The lowest BCUT2D eigenvalue weighted by Crippen LogP contribution is -2.17. The van der Waals surface area contributed by atoms with Crippen LogP contribution < -0.4 is 5.76 Å². The van der Waals surface area contributed by atoms with Crippen LogP contribution in [0.15, 0.2) is 46.0 Å². The summed E-state index contributed by atoms with van der Waals surface area (Å²) in [4.78, 5) is 20.2. The van der Waals surface area contributed by atoms with Crippen molar-refractivity contribution in [2.24, 2.45) is 0 Å². The predicted octanol–water partition coefficient (Wildman–Crippen LogP) is 2.30. The number of aromatic nitrogens is 4. The highest BCUT2D eigenvalue weighted by molar-refractivity contribution is 6.33. The van der Waals surface area contributed by atoms with Gasteiger partial charge >= 0.3 is 5.76 Å². The van der Waals surface area contributed by atoms with Crippen molar-refractivity contribution in [3.8, 4) is 11.4 Å². The fraction of sp³-hybridized carbons (Fsp3) is 0.143. The standard InChI is InChI=1S/C14H11ClN4O2/c1-9-6-17-10(7-16-9)8-19-13(18-21-14(19)20)11-4-2-3-5-12(11)15/h2-7H,8H2,1H3. The second-order valence-electron chi connectivity index (χ2n) is 4.49. The molecule has 0 fully saturated rings. The summed E-state index contributed by atoms with van der Waals surface area (Å²) in [6.07, 6.45) is 3.26. The van der Waals surface area contributed by atoms with Crippen molar-refractivity contribution < 1.29 is 4.52 Å². The van der Waals surface area contributed by atoms with Crippen LogP contribution in [0.1, 0.15) is 11.4 Å². The molecule has 21 heavy (non-hydrogen) atoms. The van der Waals surface area contributed by atoms with E-state index in [1.54, 1.807) is 30.6 Å². The Bertz CT molecular complexity index is 823. The zero-order valence-electron chi connectivity index (χ0n) is 11.2. The molecular weight excluding hydrogens is 292 g/mol. The van der Waals surface area contributed by atoms with Gasteiger partial charge in [-0.3, -0.25) is 19.1 Å². The van der Waals surface area contributed by atoms with Crippen molar-refractivity contribution >= 4 is 11.6 Å². The van der Waals surface area contributed by atoms with Crippen molar-refractivity contribution in [2.45, 2.75) is 13.5 Å². The Morgan fingerprint density at radius 3 is 2.76 bits per heavy atom. The first-order valence-electron chi connectivity index (χ1n) is 6.24. The van der Waals surface area contributed by atoms with E-state index < -0.39 is 5.76 Å². The summed E-state index contributed by atoms with van der Waals surface area (Å²) in [5.41, 5.74) is 2.08. The van der Waals surface area contributed by atoms with Crippen LogP contribution >= 0.6 is 11.6 Å². The maximum atomic E-state index is 11.8. The molecule has 6 nitrogen and oxygen atoms in total. The summed E-state index contributed by atoms with van der Waals surface area (Å²) in [6, 6.07) is 7.12. The van der Waals surface area contributed by atoms with Crippen molar-refractivity contribution in [3.63, 3.8) is 0 Å². The molecule has 0 saturated heterocycles. The van der Waals surface area contributed by atoms with E-state index in [1.165, 1.54) is 4.57 Å². The average Bonchev–Trinajstić information content (AvgIpc) is 2.83. The van der Waals surface area contributed by atoms with Gasteiger partial charge < -0.3 is 0 Å². The van der Waals surface area contributed by atoms with E-state index in [2.05, 4.69) is 15.1 Å². The van der Waals surface area contributed by atoms with E-state index in [4.69, 9.17) is 16.1 Å². The smallest absolute Gasteiger partial charge is 0.295 e. The van der Waals surface area contributed by atoms with Gasteiger partial charge in [-0.25, -0.2) is 4.79 Å². The van der Waals surface area contributed by atoms with Crippen LogP contribution in [0, 0.1) is 6.92 Å². The number of rotatable bonds is 3. The zero-order valence-corrected chi connectivity index (χ0v) is 11.9. The first-order chi connectivity index (χ1) is 10.1. The fourth-order valence-electron chi connectivity index (χ4n) is 1.91. The van der Waals surface area contributed by atoms with Crippen LogP contribution in [0.5, 0.6) is 0 Å². The Labute approximate surface area is 125 Å². The molecule has 1 aromatic carbocycles. The minimum Gasteiger partial charge on any atom is -0.295 e. The third-order valence-corrected chi connectivity index (χ3v) is 3.29. The lowest BCUT2D eigenvalue weighted by Gasteiger charge is -2.05. The second kappa shape index (κ2) is 5.49. The summed E-state index contributed by atoms with van der Waals surface area (Å²) < 4.78 is 6.13. The fourth-order valence-corrected chi connectivity index (χ4v) is 2.13. The van der Waals surface area contributed by atoms with E-state index >= 15 is 0 Å². The summed E-state index contributed by atoms with van der Waals surface area (Å²) in [6.45, 7) is 2.06. The van der Waals surface area contributed by atoms with E-state index in [-0.39, 0.29) is 6.54 Å². The minimum atomic E-state index is -0.563. The maximum Gasteiger partial charge on any atom is 0.442 e. The van der Waals surface area contributed by atoms with Gasteiger partial charge in [-0.2, -0.15) is 0 Å². The van der Waals surface area contributed by atoms with Crippen LogP contribution in [-0.4, -0.2) is 19.7 Å². The molecule has 0 aliphatic rings. The van der Waals surface area contributed by atoms with Crippen molar-refractivity contribution in [1.82, 2.24) is 19.7 Å². The SMILES string of the molecule is Cc1cnc(Cn2c(-c3ccccc3Cl)noc2=O)cn1. The van der Waals surface area contributed by atoms with Crippen LogP contribution in [0.4, 0.5) is 0 Å².